The Labute approximate surface area is 191 Å². The van der Waals surface area contributed by atoms with Crippen LogP contribution in [-0.2, 0) is 9.47 Å². The summed E-state index contributed by atoms with van der Waals surface area (Å²) in [6.07, 6.45) is 16.9. The molecule has 4 saturated carbocycles. The molecule has 5 aliphatic rings. The van der Waals surface area contributed by atoms with Crippen molar-refractivity contribution in [1.29, 1.82) is 0 Å². The van der Waals surface area contributed by atoms with Gasteiger partial charge < -0.3 is 9.47 Å². The van der Waals surface area contributed by atoms with E-state index in [1.54, 1.807) is 0 Å². The highest BCUT2D eigenvalue weighted by Crippen LogP contribution is 2.76. The average molecular weight is 429 g/mol. The number of methoxy groups -OCH3 is 1. The van der Waals surface area contributed by atoms with Crippen LogP contribution in [0.5, 0.6) is 0 Å². The van der Waals surface area contributed by atoms with Crippen LogP contribution < -0.4 is 0 Å². The molecule has 0 amide bonds. The van der Waals surface area contributed by atoms with Crippen molar-refractivity contribution in [2.75, 3.05) is 7.11 Å². The molecule has 0 N–H and O–H groups in total. The number of fused-ring (bicyclic) bond motifs is 3. The highest BCUT2D eigenvalue weighted by atomic mass is 16.6. The second kappa shape index (κ2) is 7.59. The van der Waals surface area contributed by atoms with Crippen LogP contribution in [0.25, 0.3) is 0 Å². The summed E-state index contributed by atoms with van der Waals surface area (Å²) in [4.78, 5) is 0. The van der Waals surface area contributed by atoms with Crippen molar-refractivity contribution < 1.29 is 9.47 Å². The summed E-state index contributed by atoms with van der Waals surface area (Å²) in [6.45, 7) is 14.9. The minimum atomic E-state index is 0.224. The molecule has 1 aliphatic heterocycles. The average Bonchev–Trinajstić information content (AvgIpc) is 3.31. The number of hydrogen-bond donors (Lipinski definition) is 0. The van der Waals surface area contributed by atoms with Gasteiger partial charge in [0, 0.05) is 7.11 Å². The lowest BCUT2D eigenvalue weighted by molar-refractivity contribution is -0.120. The normalized spacial score (nSPS) is 52.9. The lowest BCUT2D eigenvalue weighted by Gasteiger charge is -2.59. The van der Waals surface area contributed by atoms with E-state index >= 15 is 0 Å². The van der Waals surface area contributed by atoms with Crippen molar-refractivity contribution in [3.63, 3.8) is 0 Å². The first-order valence-electron chi connectivity index (χ1n) is 13.6. The SMILES string of the molecule is COC1CCC2(C)C(C1)CC1OC13C2CCC1(C)C(C(C)C=CC(C)C(C)C)CCC13. The molecular weight excluding hydrogens is 380 g/mol. The van der Waals surface area contributed by atoms with E-state index in [0.717, 1.165) is 29.6 Å². The molecule has 1 spiro atoms. The van der Waals surface area contributed by atoms with Gasteiger partial charge in [-0.15, -0.1) is 0 Å². The van der Waals surface area contributed by atoms with E-state index in [1.165, 1.54) is 51.4 Å². The molecule has 31 heavy (non-hydrogen) atoms. The van der Waals surface area contributed by atoms with Crippen LogP contribution in [0.2, 0.25) is 0 Å². The molecule has 11 unspecified atom stereocenters. The van der Waals surface area contributed by atoms with Crippen molar-refractivity contribution in [2.45, 2.75) is 111 Å². The van der Waals surface area contributed by atoms with E-state index in [0.29, 0.717) is 34.9 Å². The van der Waals surface area contributed by atoms with E-state index < -0.39 is 0 Å². The number of rotatable bonds is 5. The molecule has 0 radical (unpaired) electrons. The highest BCUT2D eigenvalue weighted by Gasteiger charge is 2.78. The molecular formula is C29H48O2. The van der Waals surface area contributed by atoms with Gasteiger partial charge in [-0.2, -0.15) is 0 Å². The Bertz CT molecular complexity index is 714. The molecule has 5 rings (SSSR count). The highest BCUT2D eigenvalue weighted by molar-refractivity contribution is 5.26. The van der Waals surface area contributed by atoms with Crippen molar-refractivity contribution in [3.8, 4) is 0 Å². The molecule has 176 valence electrons. The fourth-order valence-corrected chi connectivity index (χ4v) is 9.44. The predicted octanol–water partition coefficient (Wildman–Crippen LogP) is 7.28. The summed E-state index contributed by atoms with van der Waals surface area (Å²) in [5, 5.41) is 0. The lowest BCUT2D eigenvalue weighted by atomic mass is 9.44. The van der Waals surface area contributed by atoms with Gasteiger partial charge in [-0.05, 0) is 104 Å². The van der Waals surface area contributed by atoms with Gasteiger partial charge in [-0.1, -0.05) is 53.7 Å². The van der Waals surface area contributed by atoms with Gasteiger partial charge >= 0.3 is 0 Å². The van der Waals surface area contributed by atoms with E-state index in [4.69, 9.17) is 9.47 Å². The zero-order valence-electron chi connectivity index (χ0n) is 21.3. The summed E-state index contributed by atoms with van der Waals surface area (Å²) >= 11 is 0. The fourth-order valence-electron chi connectivity index (χ4n) is 9.44. The second-order valence-electron chi connectivity index (χ2n) is 13.2. The Morgan fingerprint density at radius 3 is 2.29 bits per heavy atom. The third kappa shape index (κ3) is 3.17. The summed E-state index contributed by atoms with van der Waals surface area (Å²) in [7, 11) is 1.91. The maximum Gasteiger partial charge on any atom is 0.101 e. The maximum absolute atomic E-state index is 6.87. The van der Waals surface area contributed by atoms with Crippen LogP contribution in [0.3, 0.4) is 0 Å². The van der Waals surface area contributed by atoms with Crippen molar-refractivity contribution in [2.24, 2.45) is 52.3 Å². The molecule has 2 heteroatoms. The molecule has 2 nitrogen and oxygen atoms in total. The monoisotopic (exact) mass is 428 g/mol. The van der Waals surface area contributed by atoms with Crippen LogP contribution in [0.4, 0.5) is 0 Å². The van der Waals surface area contributed by atoms with Gasteiger partial charge in [0.25, 0.3) is 0 Å². The first-order chi connectivity index (χ1) is 14.7. The zero-order valence-corrected chi connectivity index (χ0v) is 21.3. The predicted molar refractivity (Wildman–Crippen MR) is 128 cm³/mol. The van der Waals surface area contributed by atoms with E-state index in [1.807, 2.05) is 7.11 Å². The lowest BCUT2D eigenvalue weighted by Crippen LogP contribution is -2.59. The summed E-state index contributed by atoms with van der Waals surface area (Å²) < 4.78 is 12.7. The van der Waals surface area contributed by atoms with Crippen LogP contribution in [0.15, 0.2) is 12.2 Å². The van der Waals surface area contributed by atoms with E-state index in [9.17, 15) is 0 Å². The van der Waals surface area contributed by atoms with Gasteiger partial charge in [0.05, 0.1) is 12.2 Å². The topological polar surface area (TPSA) is 21.8 Å². The molecule has 11 atom stereocenters. The fraction of sp³-hybridized carbons (Fsp3) is 0.931. The number of allylic oxidation sites excluding steroid dienone is 2. The number of hydrogen-bond acceptors (Lipinski definition) is 2. The van der Waals surface area contributed by atoms with E-state index in [-0.39, 0.29) is 5.60 Å². The zero-order chi connectivity index (χ0) is 22.2. The largest absolute Gasteiger partial charge is 0.381 e. The number of ether oxygens (including phenoxy) is 2. The molecule has 0 aromatic carbocycles. The Balaban J connectivity index is 1.37. The second-order valence-corrected chi connectivity index (χ2v) is 13.2. The summed E-state index contributed by atoms with van der Waals surface area (Å²) in [5.74, 6) is 5.28. The Hall–Kier alpha value is -0.340. The van der Waals surface area contributed by atoms with Crippen LogP contribution in [0.1, 0.15) is 92.9 Å². The van der Waals surface area contributed by atoms with E-state index in [2.05, 4.69) is 53.7 Å². The Morgan fingerprint density at radius 2 is 1.58 bits per heavy atom. The van der Waals surface area contributed by atoms with Crippen molar-refractivity contribution >= 4 is 0 Å². The quantitative estimate of drug-likeness (QED) is 0.339. The number of epoxide rings is 1. The Morgan fingerprint density at radius 1 is 0.871 bits per heavy atom. The molecule has 0 aromatic rings. The van der Waals surface area contributed by atoms with Crippen molar-refractivity contribution in [1.82, 2.24) is 0 Å². The first kappa shape index (κ1) is 22.5. The standard InChI is InChI=1S/C29H48O2/c1-18(2)19(3)8-9-20(4)23-10-11-24-28(23,6)15-13-25-27(5)14-12-22(30-7)16-21(27)17-26-29(24,25)31-26/h8-9,18-26H,10-17H2,1-7H3. The third-order valence-electron chi connectivity index (χ3n) is 11.8. The molecule has 0 bridgehead atoms. The van der Waals surface area contributed by atoms with Crippen molar-refractivity contribution in [3.05, 3.63) is 12.2 Å². The molecule has 0 aromatic heterocycles. The smallest absolute Gasteiger partial charge is 0.101 e. The maximum atomic E-state index is 6.87. The van der Waals surface area contributed by atoms with Gasteiger partial charge in [0.1, 0.15) is 5.60 Å². The van der Waals surface area contributed by atoms with Crippen LogP contribution in [-0.4, -0.2) is 24.9 Å². The third-order valence-corrected chi connectivity index (χ3v) is 11.8. The molecule has 4 aliphatic carbocycles. The Kier molecular flexibility index (Phi) is 5.50. The van der Waals surface area contributed by atoms with Crippen LogP contribution >= 0.6 is 0 Å². The van der Waals surface area contributed by atoms with Gasteiger partial charge in [-0.25, -0.2) is 0 Å². The van der Waals surface area contributed by atoms with Gasteiger partial charge in [0.15, 0.2) is 0 Å². The van der Waals surface area contributed by atoms with Gasteiger partial charge in [-0.3, -0.25) is 0 Å². The van der Waals surface area contributed by atoms with Gasteiger partial charge in [0.2, 0.25) is 0 Å². The molecule has 5 fully saturated rings. The molecule has 1 saturated heterocycles. The minimum absolute atomic E-state index is 0.224. The van der Waals surface area contributed by atoms with Crippen LogP contribution in [0, 0.1) is 52.3 Å². The minimum Gasteiger partial charge on any atom is -0.381 e. The summed E-state index contributed by atoms with van der Waals surface area (Å²) in [5.41, 5.74) is 1.16. The summed E-state index contributed by atoms with van der Waals surface area (Å²) in [6, 6.07) is 0. The first-order valence-corrected chi connectivity index (χ1v) is 13.6. The molecule has 1 heterocycles.